The minimum absolute atomic E-state index is 0.0250. The van der Waals surface area contributed by atoms with E-state index in [1.54, 1.807) is 36.4 Å². The summed E-state index contributed by atoms with van der Waals surface area (Å²) in [4.78, 5) is 37.6. The van der Waals surface area contributed by atoms with E-state index in [1.807, 2.05) is 19.1 Å². The van der Waals surface area contributed by atoms with Crippen molar-refractivity contribution in [1.82, 2.24) is 5.32 Å². The van der Waals surface area contributed by atoms with Gasteiger partial charge in [0.25, 0.3) is 0 Å². The molecule has 0 saturated carbocycles. The molecule has 7 nitrogen and oxygen atoms in total. The van der Waals surface area contributed by atoms with Crippen LogP contribution in [-0.2, 0) is 19.1 Å². The highest BCUT2D eigenvalue weighted by Crippen LogP contribution is 2.40. The zero-order valence-electron chi connectivity index (χ0n) is 17.3. The smallest absolute Gasteiger partial charge is 0.319 e. The second-order valence-electron chi connectivity index (χ2n) is 7.08. The van der Waals surface area contributed by atoms with Gasteiger partial charge < -0.3 is 15.4 Å². The third-order valence-corrected chi connectivity index (χ3v) is 6.38. The third kappa shape index (κ3) is 5.39. The Morgan fingerprint density at radius 1 is 1.25 bits per heavy atom. The van der Waals surface area contributed by atoms with Crippen molar-refractivity contribution >= 4 is 51.2 Å². The normalized spacial score (nSPS) is 17.9. The second kappa shape index (κ2) is 10.5. The van der Waals surface area contributed by atoms with Crippen LogP contribution >= 0.6 is 27.7 Å². The molecule has 0 fully saturated rings. The summed E-state index contributed by atoms with van der Waals surface area (Å²) in [6.07, 6.45) is 0. The molecule has 2 aromatic carbocycles. The quantitative estimate of drug-likeness (QED) is 0.448. The SMILES string of the molecule is COC(=O)[C@H]1C(=O)NC(SCC(=O)Nc2ccc(C)cc2)=C(C#N)[C@@H]1c1cccc(Br)c1. The molecule has 0 radical (unpaired) electrons. The Hall–Kier alpha value is -3.09. The number of halogens is 1. The topological polar surface area (TPSA) is 108 Å². The number of nitrogens with one attached hydrogen (secondary N) is 2. The molecule has 0 aromatic heterocycles. The maximum absolute atomic E-state index is 12.8. The summed E-state index contributed by atoms with van der Waals surface area (Å²) >= 11 is 4.42. The van der Waals surface area contributed by atoms with Gasteiger partial charge in [0.15, 0.2) is 0 Å². The van der Waals surface area contributed by atoms with Gasteiger partial charge in [0.05, 0.1) is 29.5 Å². The number of thioether (sulfide) groups is 1. The molecule has 0 saturated heterocycles. The van der Waals surface area contributed by atoms with Crippen molar-refractivity contribution < 1.29 is 19.1 Å². The molecule has 3 rings (SSSR count). The predicted molar refractivity (Wildman–Crippen MR) is 125 cm³/mol. The lowest BCUT2D eigenvalue weighted by atomic mass is 9.78. The van der Waals surface area contributed by atoms with Crippen LogP contribution in [0.25, 0.3) is 0 Å². The minimum atomic E-state index is -1.21. The summed E-state index contributed by atoms with van der Waals surface area (Å²) in [7, 11) is 1.20. The summed E-state index contributed by atoms with van der Waals surface area (Å²) in [5.41, 5.74) is 2.54. The van der Waals surface area contributed by atoms with E-state index in [1.165, 1.54) is 7.11 Å². The van der Waals surface area contributed by atoms with Crippen LogP contribution in [-0.4, -0.2) is 30.6 Å². The Morgan fingerprint density at radius 3 is 2.59 bits per heavy atom. The number of methoxy groups -OCH3 is 1. The standard InChI is InChI=1S/C23H20BrN3O4S/c1-13-6-8-16(9-7-13)26-18(28)12-32-22-17(11-25)19(14-4-3-5-15(24)10-14)20(21(29)27-22)23(30)31-2/h3-10,19-20H,12H2,1-2H3,(H,26,28)(H,27,29)/t19-,20+/m0/s1. The molecule has 32 heavy (non-hydrogen) atoms. The third-order valence-electron chi connectivity index (χ3n) is 4.87. The molecule has 9 heteroatoms. The molecular weight excluding hydrogens is 494 g/mol. The lowest BCUT2D eigenvalue weighted by molar-refractivity contribution is -0.150. The molecule has 2 N–H and O–H groups in total. The number of hydrogen-bond acceptors (Lipinski definition) is 6. The number of nitriles is 1. The largest absolute Gasteiger partial charge is 0.468 e. The lowest BCUT2D eigenvalue weighted by Crippen LogP contribution is -2.44. The number of amides is 2. The Balaban J connectivity index is 1.88. The summed E-state index contributed by atoms with van der Waals surface area (Å²) in [6.45, 7) is 1.95. The van der Waals surface area contributed by atoms with Crippen molar-refractivity contribution in [3.05, 3.63) is 74.7 Å². The first-order valence-corrected chi connectivity index (χ1v) is 11.4. The molecule has 2 amide bonds. The van der Waals surface area contributed by atoms with E-state index in [2.05, 4.69) is 32.6 Å². The average Bonchev–Trinajstić information content (AvgIpc) is 2.78. The van der Waals surface area contributed by atoms with Crippen LogP contribution in [0.5, 0.6) is 0 Å². The number of ether oxygens (including phenoxy) is 1. The number of nitrogens with zero attached hydrogens (tertiary/aromatic N) is 1. The first-order valence-electron chi connectivity index (χ1n) is 9.61. The molecule has 0 spiro atoms. The van der Waals surface area contributed by atoms with Crippen molar-refractivity contribution in [2.45, 2.75) is 12.8 Å². The molecule has 2 aromatic rings. The number of aryl methyl sites for hydroxylation is 1. The number of rotatable bonds is 6. The molecular formula is C23H20BrN3O4S. The highest BCUT2D eigenvalue weighted by molar-refractivity contribution is 9.10. The van der Waals surface area contributed by atoms with Crippen molar-refractivity contribution in [3.8, 4) is 6.07 Å². The summed E-state index contributed by atoms with van der Waals surface area (Å²) in [5, 5.41) is 15.6. The van der Waals surface area contributed by atoms with E-state index in [4.69, 9.17) is 4.74 Å². The van der Waals surface area contributed by atoms with Gasteiger partial charge >= 0.3 is 5.97 Å². The summed E-state index contributed by atoms with van der Waals surface area (Å²) in [5.74, 6) is -3.67. The number of anilines is 1. The molecule has 0 bridgehead atoms. The van der Waals surface area contributed by atoms with Gasteiger partial charge in [-0.25, -0.2) is 0 Å². The van der Waals surface area contributed by atoms with Crippen LogP contribution in [0.4, 0.5) is 5.69 Å². The highest BCUT2D eigenvalue weighted by atomic mass is 79.9. The van der Waals surface area contributed by atoms with E-state index >= 15 is 0 Å². The minimum Gasteiger partial charge on any atom is -0.468 e. The van der Waals surface area contributed by atoms with E-state index in [0.717, 1.165) is 21.8 Å². The van der Waals surface area contributed by atoms with Crippen LogP contribution in [0.2, 0.25) is 0 Å². The van der Waals surface area contributed by atoms with Gasteiger partial charge in [-0.3, -0.25) is 14.4 Å². The fourth-order valence-electron chi connectivity index (χ4n) is 3.35. The lowest BCUT2D eigenvalue weighted by Gasteiger charge is -2.31. The molecule has 0 unspecified atom stereocenters. The first kappa shape index (κ1) is 23.6. The molecule has 0 aliphatic carbocycles. The first-order chi connectivity index (χ1) is 15.3. The number of hydrogen-bond donors (Lipinski definition) is 2. The monoisotopic (exact) mass is 513 g/mol. The summed E-state index contributed by atoms with van der Waals surface area (Å²) in [6, 6.07) is 16.5. The van der Waals surface area contributed by atoms with Crippen LogP contribution in [0.15, 0.2) is 63.6 Å². The summed E-state index contributed by atoms with van der Waals surface area (Å²) < 4.78 is 5.57. The van der Waals surface area contributed by atoms with Gasteiger partial charge in [-0.2, -0.15) is 5.26 Å². The Morgan fingerprint density at radius 2 is 1.97 bits per heavy atom. The van der Waals surface area contributed by atoms with Crippen LogP contribution in [0.1, 0.15) is 17.0 Å². The Kier molecular flexibility index (Phi) is 7.72. The van der Waals surface area contributed by atoms with Crippen molar-refractivity contribution in [3.63, 3.8) is 0 Å². The number of esters is 1. The van der Waals surface area contributed by atoms with Gasteiger partial charge in [0.1, 0.15) is 5.92 Å². The van der Waals surface area contributed by atoms with Gasteiger partial charge in [0.2, 0.25) is 11.8 Å². The number of carbonyl (C=O) groups is 3. The molecule has 1 aliphatic rings. The van der Waals surface area contributed by atoms with E-state index in [-0.39, 0.29) is 22.3 Å². The van der Waals surface area contributed by atoms with Gasteiger partial charge in [-0.1, -0.05) is 57.5 Å². The average molecular weight is 514 g/mol. The Labute approximate surface area is 198 Å². The van der Waals surface area contributed by atoms with E-state index in [0.29, 0.717) is 11.3 Å². The number of carbonyl (C=O) groups excluding carboxylic acids is 3. The van der Waals surface area contributed by atoms with Gasteiger partial charge in [-0.05, 0) is 36.8 Å². The highest BCUT2D eigenvalue weighted by Gasteiger charge is 2.44. The van der Waals surface area contributed by atoms with Gasteiger partial charge in [0, 0.05) is 16.1 Å². The van der Waals surface area contributed by atoms with Crippen LogP contribution < -0.4 is 10.6 Å². The number of allylic oxidation sites excluding steroid dienone is 1. The van der Waals surface area contributed by atoms with E-state index in [9.17, 15) is 19.6 Å². The van der Waals surface area contributed by atoms with E-state index < -0.39 is 23.7 Å². The maximum Gasteiger partial charge on any atom is 0.319 e. The van der Waals surface area contributed by atoms with Crippen molar-refractivity contribution in [1.29, 1.82) is 5.26 Å². The fraction of sp³-hybridized carbons (Fsp3) is 0.217. The molecule has 1 aliphatic heterocycles. The van der Waals surface area contributed by atoms with Crippen LogP contribution in [0, 0.1) is 24.2 Å². The second-order valence-corrected chi connectivity index (χ2v) is 8.98. The zero-order chi connectivity index (χ0) is 23.3. The Bertz CT molecular complexity index is 1120. The predicted octanol–water partition coefficient (Wildman–Crippen LogP) is 3.87. The van der Waals surface area contributed by atoms with Crippen LogP contribution in [0.3, 0.4) is 0 Å². The molecule has 1 heterocycles. The molecule has 164 valence electrons. The maximum atomic E-state index is 12.8. The van der Waals surface area contributed by atoms with Crippen molar-refractivity contribution in [2.75, 3.05) is 18.2 Å². The molecule has 2 atom stereocenters. The van der Waals surface area contributed by atoms with Crippen molar-refractivity contribution in [2.24, 2.45) is 5.92 Å². The van der Waals surface area contributed by atoms with Gasteiger partial charge in [-0.15, -0.1) is 0 Å². The number of benzene rings is 2. The fourth-order valence-corrected chi connectivity index (χ4v) is 4.62. The zero-order valence-corrected chi connectivity index (χ0v) is 19.7.